The number of carbonyl (C=O) groups is 1. The van der Waals surface area contributed by atoms with Gasteiger partial charge in [-0.15, -0.1) is 0 Å². The maximum Gasteiger partial charge on any atom is 0.327 e. The molecule has 3 aromatic rings. The fourth-order valence-corrected chi connectivity index (χ4v) is 3.13. The van der Waals surface area contributed by atoms with Crippen molar-refractivity contribution in [3.63, 3.8) is 0 Å². The summed E-state index contributed by atoms with van der Waals surface area (Å²) in [6, 6.07) is 14.7. The van der Waals surface area contributed by atoms with Crippen molar-refractivity contribution in [2.75, 3.05) is 7.11 Å². The third kappa shape index (κ3) is 3.47. The number of aromatic nitrogens is 1. The van der Waals surface area contributed by atoms with Gasteiger partial charge in [-0.3, -0.25) is 0 Å². The zero-order chi connectivity index (χ0) is 18.5. The molecular weight excluding hydrogens is 330 g/mol. The molecule has 6 nitrogen and oxygen atoms in total. The van der Waals surface area contributed by atoms with Crippen LogP contribution in [-0.2, 0) is 17.8 Å². The lowest BCUT2D eigenvalue weighted by Crippen LogP contribution is -2.35. The summed E-state index contributed by atoms with van der Waals surface area (Å²) in [4.78, 5) is 11.4. The molecule has 132 valence electrons. The van der Waals surface area contributed by atoms with Crippen LogP contribution in [-0.4, -0.2) is 28.8 Å². The Balaban J connectivity index is 2.00. The topological polar surface area (TPSA) is 87.3 Å². The standard InChI is InChI=1S/C20H19N3O3/c1-26-19-9-5-2-6-14(19)11-23-12-15(10-17(20(24)25)22-13-21)16-7-3-4-8-18(16)23/h2-9,12,17,22H,10-11H2,1H3,(H,24,25). The van der Waals surface area contributed by atoms with E-state index in [2.05, 4.69) is 9.88 Å². The minimum absolute atomic E-state index is 0.225. The van der Waals surface area contributed by atoms with E-state index in [1.807, 2.05) is 54.7 Å². The molecular formula is C20H19N3O3. The van der Waals surface area contributed by atoms with Crippen molar-refractivity contribution in [1.82, 2.24) is 9.88 Å². The van der Waals surface area contributed by atoms with Crippen LogP contribution in [0, 0.1) is 11.5 Å². The number of methoxy groups -OCH3 is 1. The molecule has 0 bridgehead atoms. The van der Waals surface area contributed by atoms with Gasteiger partial charge in [0.15, 0.2) is 6.19 Å². The summed E-state index contributed by atoms with van der Waals surface area (Å²) in [5.41, 5.74) is 2.92. The average Bonchev–Trinajstić information content (AvgIpc) is 2.99. The number of fused-ring (bicyclic) bond motifs is 1. The van der Waals surface area contributed by atoms with Gasteiger partial charge in [0.25, 0.3) is 0 Å². The van der Waals surface area contributed by atoms with Crippen LogP contribution in [0.1, 0.15) is 11.1 Å². The summed E-state index contributed by atoms with van der Waals surface area (Å²) in [6.45, 7) is 0.605. The molecule has 0 radical (unpaired) electrons. The van der Waals surface area contributed by atoms with E-state index < -0.39 is 12.0 Å². The van der Waals surface area contributed by atoms with Crippen molar-refractivity contribution in [3.05, 3.63) is 65.9 Å². The van der Waals surface area contributed by atoms with Crippen LogP contribution >= 0.6 is 0 Å². The van der Waals surface area contributed by atoms with Crippen molar-refractivity contribution < 1.29 is 14.6 Å². The third-order valence-electron chi connectivity index (χ3n) is 4.37. The molecule has 2 N–H and O–H groups in total. The smallest absolute Gasteiger partial charge is 0.327 e. The maximum absolute atomic E-state index is 11.4. The van der Waals surface area contributed by atoms with Gasteiger partial charge in [-0.1, -0.05) is 36.4 Å². The Kier molecular flexibility index (Phi) is 5.09. The summed E-state index contributed by atoms with van der Waals surface area (Å²) >= 11 is 0. The molecule has 0 fully saturated rings. The first-order valence-electron chi connectivity index (χ1n) is 8.20. The van der Waals surface area contributed by atoms with Crippen molar-refractivity contribution in [1.29, 1.82) is 5.26 Å². The van der Waals surface area contributed by atoms with E-state index in [1.165, 1.54) is 0 Å². The largest absolute Gasteiger partial charge is 0.496 e. The van der Waals surface area contributed by atoms with Crippen LogP contribution in [0.4, 0.5) is 0 Å². The summed E-state index contributed by atoms with van der Waals surface area (Å²) in [7, 11) is 1.64. The molecule has 0 aliphatic heterocycles. The lowest BCUT2D eigenvalue weighted by atomic mass is 10.1. The van der Waals surface area contributed by atoms with Crippen molar-refractivity contribution in [3.8, 4) is 11.9 Å². The van der Waals surface area contributed by atoms with E-state index in [9.17, 15) is 9.90 Å². The Morgan fingerprint density at radius 2 is 1.96 bits per heavy atom. The zero-order valence-electron chi connectivity index (χ0n) is 14.3. The second-order valence-corrected chi connectivity index (χ2v) is 5.96. The Bertz CT molecular complexity index is 972. The number of nitrogens with one attached hydrogen (secondary N) is 1. The SMILES string of the molecule is COc1ccccc1Cn1cc(CC(NC#N)C(=O)O)c2ccccc21. The van der Waals surface area contributed by atoms with E-state index >= 15 is 0 Å². The Hall–Kier alpha value is -3.46. The van der Waals surface area contributed by atoms with E-state index in [1.54, 1.807) is 13.3 Å². The minimum atomic E-state index is -1.05. The third-order valence-corrected chi connectivity index (χ3v) is 4.37. The summed E-state index contributed by atoms with van der Waals surface area (Å²) < 4.78 is 7.50. The van der Waals surface area contributed by atoms with Crippen molar-refractivity contribution >= 4 is 16.9 Å². The Labute approximate surface area is 151 Å². The van der Waals surface area contributed by atoms with Crippen LogP contribution in [0.25, 0.3) is 10.9 Å². The number of carboxylic acid groups (broad SMARTS) is 1. The summed E-state index contributed by atoms with van der Waals surface area (Å²) in [5.74, 6) is -0.241. The highest BCUT2D eigenvalue weighted by molar-refractivity contribution is 5.85. The van der Waals surface area contributed by atoms with Crippen LogP contribution < -0.4 is 10.1 Å². The first-order valence-corrected chi connectivity index (χ1v) is 8.20. The number of hydrogen-bond acceptors (Lipinski definition) is 4. The lowest BCUT2D eigenvalue weighted by molar-refractivity contribution is -0.139. The molecule has 6 heteroatoms. The van der Waals surface area contributed by atoms with Crippen LogP contribution in [0.3, 0.4) is 0 Å². The molecule has 0 spiro atoms. The fourth-order valence-electron chi connectivity index (χ4n) is 3.13. The van der Waals surface area contributed by atoms with E-state index in [0.717, 1.165) is 27.8 Å². The number of para-hydroxylation sites is 2. The number of carboxylic acids is 1. The number of ether oxygens (including phenoxy) is 1. The molecule has 3 rings (SSSR count). The van der Waals surface area contributed by atoms with Gasteiger partial charge in [0.1, 0.15) is 11.8 Å². The highest BCUT2D eigenvalue weighted by atomic mass is 16.5. The molecule has 0 aliphatic carbocycles. The van der Waals surface area contributed by atoms with Crippen molar-refractivity contribution in [2.24, 2.45) is 0 Å². The fraction of sp³-hybridized carbons (Fsp3) is 0.200. The number of nitrogens with zero attached hydrogens (tertiary/aromatic N) is 2. The molecule has 0 aliphatic rings. The summed E-state index contributed by atoms with van der Waals surface area (Å²) in [6.07, 6.45) is 3.90. The average molecular weight is 349 g/mol. The van der Waals surface area contributed by atoms with Crippen LogP contribution in [0.2, 0.25) is 0 Å². The lowest BCUT2D eigenvalue weighted by Gasteiger charge is -2.10. The highest BCUT2D eigenvalue weighted by Crippen LogP contribution is 2.26. The zero-order valence-corrected chi connectivity index (χ0v) is 14.3. The first-order chi connectivity index (χ1) is 12.6. The van der Waals surface area contributed by atoms with E-state index in [-0.39, 0.29) is 6.42 Å². The molecule has 2 aromatic carbocycles. The van der Waals surface area contributed by atoms with Gasteiger partial charge in [0, 0.05) is 29.1 Å². The molecule has 0 saturated heterocycles. The molecule has 26 heavy (non-hydrogen) atoms. The minimum Gasteiger partial charge on any atom is -0.496 e. The Morgan fingerprint density at radius 3 is 2.69 bits per heavy atom. The predicted octanol–water partition coefficient (Wildman–Crippen LogP) is 2.76. The maximum atomic E-state index is 11.4. The monoisotopic (exact) mass is 349 g/mol. The molecule has 1 atom stereocenters. The second-order valence-electron chi connectivity index (χ2n) is 5.96. The van der Waals surface area contributed by atoms with Gasteiger partial charge in [-0.25, -0.2) is 4.79 Å². The van der Waals surface area contributed by atoms with Gasteiger partial charge in [-0.2, -0.15) is 5.26 Å². The van der Waals surface area contributed by atoms with Gasteiger partial charge in [0.05, 0.1) is 13.7 Å². The van der Waals surface area contributed by atoms with E-state index in [4.69, 9.17) is 10.00 Å². The molecule has 0 saturated carbocycles. The second kappa shape index (κ2) is 7.62. The van der Waals surface area contributed by atoms with E-state index in [0.29, 0.717) is 6.54 Å². The van der Waals surface area contributed by atoms with Gasteiger partial charge < -0.3 is 19.7 Å². The normalized spacial score (nSPS) is 11.7. The quantitative estimate of drug-likeness (QED) is 0.506. The van der Waals surface area contributed by atoms with Gasteiger partial charge in [-0.05, 0) is 17.7 Å². The molecule has 1 aromatic heterocycles. The number of hydrogen-bond donors (Lipinski definition) is 2. The number of nitriles is 1. The summed E-state index contributed by atoms with van der Waals surface area (Å²) in [5, 5.41) is 21.4. The Morgan fingerprint density at radius 1 is 1.23 bits per heavy atom. The molecule has 0 amide bonds. The number of rotatable bonds is 7. The van der Waals surface area contributed by atoms with Gasteiger partial charge >= 0.3 is 5.97 Å². The molecule has 1 unspecified atom stereocenters. The van der Waals surface area contributed by atoms with Crippen molar-refractivity contribution in [2.45, 2.75) is 19.0 Å². The van der Waals surface area contributed by atoms with Crippen LogP contribution in [0.15, 0.2) is 54.7 Å². The molecule has 1 heterocycles. The van der Waals surface area contributed by atoms with Crippen LogP contribution in [0.5, 0.6) is 5.75 Å². The predicted molar refractivity (Wildman–Crippen MR) is 97.9 cm³/mol. The van der Waals surface area contributed by atoms with Gasteiger partial charge in [0.2, 0.25) is 0 Å². The number of aliphatic carboxylic acids is 1. The highest BCUT2D eigenvalue weighted by Gasteiger charge is 2.20. The number of benzene rings is 2. The first kappa shape index (κ1) is 17.4.